The highest BCUT2D eigenvalue weighted by Gasteiger charge is 2.27. The number of halogens is 1. The van der Waals surface area contributed by atoms with E-state index in [0.717, 1.165) is 24.4 Å². The lowest BCUT2D eigenvalue weighted by Crippen LogP contribution is -2.36. The molecule has 1 saturated carbocycles. The molecule has 3 nitrogen and oxygen atoms in total. The van der Waals surface area contributed by atoms with Crippen molar-refractivity contribution in [3.8, 4) is 0 Å². The average Bonchev–Trinajstić information content (AvgIpc) is 2.16. The van der Waals surface area contributed by atoms with Gasteiger partial charge in [0.15, 0.2) is 0 Å². The van der Waals surface area contributed by atoms with Crippen molar-refractivity contribution in [1.82, 2.24) is 9.97 Å². The first kappa shape index (κ1) is 10.7. The van der Waals surface area contributed by atoms with Crippen molar-refractivity contribution >= 4 is 17.4 Å². The van der Waals surface area contributed by atoms with Crippen LogP contribution in [-0.4, -0.2) is 21.4 Å². The van der Waals surface area contributed by atoms with E-state index in [1.165, 1.54) is 0 Å². The van der Waals surface area contributed by atoms with Gasteiger partial charge < -0.3 is 5.32 Å². The van der Waals surface area contributed by atoms with Gasteiger partial charge in [-0.15, -0.1) is 11.6 Å². The Morgan fingerprint density at radius 3 is 2.73 bits per heavy atom. The fraction of sp³-hybridized carbons (Fsp3) is 0.636. The molecule has 1 N–H and O–H groups in total. The molecule has 0 radical (unpaired) electrons. The van der Waals surface area contributed by atoms with Gasteiger partial charge in [-0.05, 0) is 18.8 Å². The van der Waals surface area contributed by atoms with Crippen LogP contribution >= 0.6 is 11.6 Å². The molecule has 1 fully saturated rings. The van der Waals surface area contributed by atoms with E-state index in [9.17, 15) is 0 Å². The molecule has 0 aromatic carbocycles. The van der Waals surface area contributed by atoms with E-state index < -0.39 is 0 Å². The number of nitrogens with one attached hydrogen (secondary N) is 1. The maximum atomic E-state index is 5.92. The molecule has 0 spiro atoms. The van der Waals surface area contributed by atoms with E-state index in [2.05, 4.69) is 29.1 Å². The zero-order valence-corrected chi connectivity index (χ0v) is 9.83. The predicted molar refractivity (Wildman–Crippen MR) is 62.4 cm³/mol. The summed E-state index contributed by atoms with van der Waals surface area (Å²) in [6.45, 7) is 4.26. The lowest BCUT2D eigenvalue weighted by atomic mass is 9.92. The quantitative estimate of drug-likeness (QED) is 0.804. The molecule has 0 amide bonds. The van der Waals surface area contributed by atoms with Crippen LogP contribution < -0.4 is 5.32 Å². The molecule has 1 aromatic heterocycles. The van der Waals surface area contributed by atoms with Gasteiger partial charge in [-0.1, -0.05) is 13.8 Å². The Morgan fingerprint density at radius 2 is 2.13 bits per heavy atom. The lowest BCUT2D eigenvalue weighted by Gasteiger charge is -2.31. The van der Waals surface area contributed by atoms with E-state index in [1.54, 1.807) is 6.33 Å². The predicted octanol–water partition coefficient (Wildman–Crippen LogP) is 2.78. The molecule has 1 aliphatic carbocycles. The van der Waals surface area contributed by atoms with E-state index in [1.807, 2.05) is 6.07 Å². The van der Waals surface area contributed by atoms with Gasteiger partial charge in [-0.2, -0.15) is 0 Å². The minimum atomic E-state index is 0.342. The summed E-state index contributed by atoms with van der Waals surface area (Å²) in [6, 6.07) is 2.51. The summed E-state index contributed by atoms with van der Waals surface area (Å²) in [7, 11) is 0. The molecule has 82 valence electrons. The molecule has 2 rings (SSSR count). The Labute approximate surface area is 95.3 Å². The number of nitrogens with zero attached hydrogens (tertiary/aromatic N) is 2. The first-order valence-corrected chi connectivity index (χ1v) is 5.81. The van der Waals surface area contributed by atoms with Gasteiger partial charge in [0.05, 0.1) is 0 Å². The third-order valence-corrected chi connectivity index (χ3v) is 3.07. The summed E-state index contributed by atoms with van der Waals surface area (Å²) in [6.07, 6.45) is 3.68. The Kier molecular flexibility index (Phi) is 3.10. The maximum Gasteiger partial charge on any atom is 0.129 e. The van der Waals surface area contributed by atoms with Crippen molar-refractivity contribution in [3.05, 3.63) is 18.1 Å². The second kappa shape index (κ2) is 4.35. The van der Waals surface area contributed by atoms with Gasteiger partial charge in [0, 0.05) is 23.2 Å². The van der Waals surface area contributed by atoms with Crippen LogP contribution in [0.3, 0.4) is 0 Å². The number of alkyl halides is 1. The highest BCUT2D eigenvalue weighted by atomic mass is 35.5. The summed E-state index contributed by atoms with van der Waals surface area (Å²) in [5, 5.41) is 3.71. The molecule has 0 unspecified atom stereocenters. The molecule has 1 aliphatic rings. The smallest absolute Gasteiger partial charge is 0.129 e. The number of aromatic nitrogens is 2. The molecule has 0 aliphatic heterocycles. The molecule has 15 heavy (non-hydrogen) atoms. The van der Waals surface area contributed by atoms with Crippen molar-refractivity contribution in [3.63, 3.8) is 0 Å². The van der Waals surface area contributed by atoms with Gasteiger partial charge in [0.1, 0.15) is 12.1 Å². The van der Waals surface area contributed by atoms with Crippen LogP contribution in [-0.2, 0) is 0 Å². The van der Waals surface area contributed by atoms with E-state index in [4.69, 9.17) is 11.6 Å². The van der Waals surface area contributed by atoms with E-state index in [-0.39, 0.29) is 0 Å². The van der Waals surface area contributed by atoms with E-state index in [0.29, 0.717) is 17.3 Å². The zero-order valence-electron chi connectivity index (χ0n) is 9.07. The van der Waals surface area contributed by atoms with Crippen LogP contribution in [0.4, 0.5) is 5.82 Å². The van der Waals surface area contributed by atoms with Crippen LogP contribution in [0.25, 0.3) is 0 Å². The van der Waals surface area contributed by atoms with E-state index >= 15 is 0 Å². The normalized spacial score (nSPS) is 25.1. The molecule has 0 saturated heterocycles. The monoisotopic (exact) mass is 225 g/mol. The number of rotatable bonds is 3. The minimum absolute atomic E-state index is 0.342. The topological polar surface area (TPSA) is 37.8 Å². The Balaban J connectivity index is 1.99. The van der Waals surface area contributed by atoms with Crippen molar-refractivity contribution in [2.24, 2.45) is 0 Å². The first-order chi connectivity index (χ1) is 7.15. The largest absolute Gasteiger partial charge is 0.367 e. The number of hydrogen-bond acceptors (Lipinski definition) is 3. The SMILES string of the molecule is CC(C)c1cc(NC2CC(Cl)C2)ncn1. The third-order valence-electron chi connectivity index (χ3n) is 2.71. The molecular formula is C11H16ClN3. The third kappa shape index (κ3) is 2.59. The summed E-state index contributed by atoms with van der Waals surface area (Å²) >= 11 is 5.92. The maximum absolute atomic E-state index is 5.92. The molecule has 4 heteroatoms. The van der Waals surface area contributed by atoms with Crippen LogP contribution in [0, 0.1) is 0 Å². The van der Waals surface area contributed by atoms with Gasteiger partial charge in [0.2, 0.25) is 0 Å². The Hall–Kier alpha value is -0.830. The van der Waals surface area contributed by atoms with Crippen LogP contribution in [0.1, 0.15) is 38.3 Å². The average molecular weight is 226 g/mol. The Bertz CT molecular complexity index is 334. The number of hydrogen-bond donors (Lipinski definition) is 1. The fourth-order valence-electron chi connectivity index (χ4n) is 1.64. The molecule has 1 heterocycles. The Morgan fingerprint density at radius 1 is 1.40 bits per heavy atom. The molecule has 0 atom stereocenters. The summed E-state index contributed by atoms with van der Waals surface area (Å²) in [5.41, 5.74) is 1.08. The minimum Gasteiger partial charge on any atom is -0.367 e. The molecular weight excluding hydrogens is 210 g/mol. The molecule has 0 bridgehead atoms. The van der Waals surface area contributed by atoms with Crippen molar-refractivity contribution in [2.75, 3.05) is 5.32 Å². The van der Waals surface area contributed by atoms with Crippen LogP contribution in [0.2, 0.25) is 0 Å². The highest BCUT2D eigenvalue weighted by Crippen LogP contribution is 2.28. The van der Waals surface area contributed by atoms with Crippen LogP contribution in [0.15, 0.2) is 12.4 Å². The van der Waals surface area contributed by atoms with Gasteiger partial charge in [-0.3, -0.25) is 0 Å². The van der Waals surface area contributed by atoms with Crippen molar-refractivity contribution in [2.45, 2.75) is 44.0 Å². The molecule has 1 aromatic rings. The van der Waals surface area contributed by atoms with Gasteiger partial charge in [-0.25, -0.2) is 9.97 Å². The van der Waals surface area contributed by atoms with Crippen molar-refractivity contribution < 1.29 is 0 Å². The highest BCUT2D eigenvalue weighted by molar-refractivity contribution is 6.21. The van der Waals surface area contributed by atoms with Gasteiger partial charge >= 0.3 is 0 Å². The van der Waals surface area contributed by atoms with Crippen LogP contribution in [0.5, 0.6) is 0 Å². The van der Waals surface area contributed by atoms with Crippen molar-refractivity contribution in [1.29, 1.82) is 0 Å². The van der Waals surface area contributed by atoms with Gasteiger partial charge in [0.25, 0.3) is 0 Å². The fourth-order valence-corrected chi connectivity index (χ4v) is 2.07. The second-order valence-electron chi connectivity index (χ2n) is 4.39. The summed E-state index contributed by atoms with van der Waals surface area (Å²) in [5.74, 6) is 1.36. The first-order valence-electron chi connectivity index (χ1n) is 5.37. The second-order valence-corrected chi connectivity index (χ2v) is 5.01. The number of anilines is 1. The summed E-state index contributed by atoms with van der Waals surface area (Å²) in [4.78, 5) is 8.43. The zero-order chi connectivity index (χ0) is 10.8. The summed E-state index contributed by atoms with van der Waals surface area (Å²) < 4.78 is 0. The standard InChI is InChI=1S/C11H16ClN3/c1-7(2)10-5-11(14-6-13-10)15-9-3-8(12)4-9/h5-9H,3-4H2,1-2H3,(H,13,14,15). The lowest BCUT2D eigenvalue weighted by molar-refractivity contribution is 0.453.